The molecule has 0 N–H and O–H groups in total. The molecule has 2 heterocycles. The number of ether oxygens (including phenoxy) is 1. The van der Waals surface area contributed by atoms with Crippen LogP contribution >= 0.6 is 27.3 Å². The average molecular weight is 275 g/mol. The van der Waals surface area contributed by atoms with Crippen molar-refractivity contribution in [2.75, 3.05) is 0 Å². The summed E-state index contributed by atoms with van der Waals surface area (Å²) in [5, 5.41) is 0. The first-order valence-electron chi connectivity index (χ1n) is 4.03. The molecular formula is C9H7BrO3S. The van der Waals surface area contributed by atoms with Gasteiger partial charge in [-0.25, -0.2) is 0 Å². The predicted molar refractivity (Wildman–Crippen MR) is 55.1 cm³/mol. The van der Waals surface area contributed by atoms with Crippen LogP contribution in [-0.2, 0) is 19.7 Å². The van der Waals surface area contributed by atoms with Gasteiger partial charge in [-0.1, -0.05) is 0 Å². The molecule has 74 valence electrons. The van der Waals surface area contributed by atoms with Gasteiger partial charge < -0.3 is 4.74 Å². The molecule has 1 aliphatic rings. The van der Waals surface area contributed by atoms with Crippen LogP contribution in [0.3, 0.4) is 0 Å². The standard InChI is InChI=1S/C9H7BrO3S/c1-9(4-7(11)13-8(9)12)5-2-3-6(10)14-5/h2-3H,4H2,1H3. The maximum atomic E-state index is 11.5. The smallest absolute Gasteiger partial charge is 0.325 e. The van der Waals surface area contributed by atoms with E-state index in [1.807, 2.05) is 12.1 Å². The van der Waals surface area contributed by atoms with Crippen LogP contribution in [-0.4, -0.2) is 11.9 Å². The molecule has 0 aromatic carbocycles. The number of rotatable bonds is 1. The minimum Gasteiger partial charge on any atom is -0.392 e. The molecule has 1 unspecified atom stereocenters. The first kappa shape index (κ1) is 9.86. The molecular weight excluding hydrogens is 268 g/mol. The van der Waals surface area contributed by atoms with Crippen molar-refractivity contribution in [3.8, 4) is 0 Å². The van der Waals surface area contributed by atoms with E-state index in [0.717, 1.165) is 8.66 Å². The minimum absolute atomic E-state index is 0.138. The van der Waals surface area contributed by atoms with E-state index < -0.39 is 17.4 Å². The highest BCUT2D eigenvalue weighted by molar-refractivity contribution is 9.11. The second-order valence-electron chi connectivity index (χ2n) is 3.37. The quantitative estimate of drug-likeness (QED) is 0.583. The topological polar surface area (TPSA) is 43.4 Å². The fourth-order valence-corrected chi connectivity index (χ4v) is 2.93. The molecule has 1 aliphatic heterocycles. The molecule has 0 saturated carbocycles. The zero-order valence-electron chi connectivity index (χ0n) is 7.37. The van der Waals surface area contributed by atoms with E-state index >= 15 is 0 Å². The van der Waals surface area contributed by atoms with Gasteiger partial charge in [-0.3, -0.25) is 9.59 Å². The van der Waals surface area contributed by atoms with Gasteiger partial charge in [-0.2, -0.15) is 0 Å². The van der Waals surface area contributed by atoms with Gasteiger partial charge in [-0.15, -0.1) is 11.3 Å². The average Bonchev–Trinajstić information content (AvgIpc) is 2.59. The molecule has 14 heavy (non-hydrogen) atoms. The maximum Gasteiger partial charge on any atom is 0.325 e. The largest absolute Gasteiger partial charge is 0.392 e. The van der Waals surface area contributed by atoms with Crippen LogP contribution in [0.1, 0.15) is 18.2 Å². The Labute approximate surface area is 93.2 Å². The Hall–Kier alpha value is -0.680. The molecule has 0 spiro atoms. The highest BCUT2D eigenvalue weighted by Crippen LogP contribution is 2.39. The van der Waals surface area contributed by atoms with Gasteiger partial charge in [0.05, 0.1) is 10.2 Å². The fraction of sp³-hybridized carbons (Fsp3) is 0.333. The molecule has 1 aromatic rings. The van der Waals surface area contributed by atoms with Crippen LogP contribution in [0.25, 0.3) is 0 Å². The van der Waals surface area contributed by atoms with Gasteiger partial charge >= 0.3 is 11.9 Å². The number of hydrogen-bond acceptors (Lipinski definition) is 4. The van der Waals surface area contributed by atoms with Crippen molar-refractivity contribution >= 4 is 39.2 Å². The second-order valence-corrected chi connectivity index (χ2v) is 5.84. The molecule has 1 saturated heterocycles. The van der Waals surface area contributed by atoms with Crippen LogP contribution < -0.4 is 0 Å². The Bertz CT molecular complexity index is 412. The van der Waals surface area contributed by atoms with E-state index in [0.29, 0.717) is 0 Å². The van der Waals surface area contributed by atoms with Gasteiger partial charge in [-0.05, 0) is 35.0 Å². The number of esters is 2. The number of carbonyl (C=O) groups is 2. The summed E-state index contributed by atoms with van der Waals surface area (Å²) in [7, 11) is 0. The normalized spacial score (nSPS) is 26.7. The highest BCUT2D eigenvalue weighted by Gasteiger charge is 2.47. The summed E-state index contributed by atoms with van der Waals surface area (Å²) in [5.74, 6) is -0.890. The van der Waals surface area contributed by atoms with E-state index in [1.165, 1.54) is 11.3 Å². The maximum absolute atomic E-state index is 11.5. The molecule has 1 aromatic heterocycles. The Morgan fingerprint density at radius 1 is 1.50 bits per heavy atom. The van der Waals surface area contributed by atoms with E-state index in [2.05, 4.69) is 20.7 Å². The number of cyclic esters (lactones) is 2. The summed E-state index contributed by atoms with van der Waals surface area (Å²) in [6, 6.07) is 3.70. The number of hydrogen-bond donors (Lipinski definition) is 0. The summed E-state index contributed by atoms with van der Waals surface area (Å²) < 4.78 is 5.50. The SMILES string of the molecule is CC1(c2ccc(Br)s2)CC(=O)OC1=O. The lowest BCUT2D eigenvalue weighted by Gasteiger charge is -2.14. The lowest BCUT2D eigenvalue weighted by molar-refractivity contribution is -0.153. The zero-order chi connectivity index (χ0) is 10.3. The van der Waals surface area contributed by atoms with Crippen molar-refractivity contribution in [2.24, 2.45) is 0 Å². The third-order valence-electron chi connectivity index (χ3n) is 2.27. The van der Waals surface area contributed by atoms with Crippen LogP contribution in [0, 0.1) is 0 Å². The van der Waals surface area contributed by atoms with Crippen molar-refractivity contribution in [3.05, 3.63) is 20.8 Å². The molecule has 2 rings (SSSR count). The molecule has 0 aliphatic carbocycles. The van der Waals surface area contributed by atoms with Crippen LogP contribution in [0.5, 0.6) is 0 Å². The third-order valence-corrected chi connectivity index (χ3v) is 4.16. The lowest BCUT2D eigenvalue weighted by Crippen LogP contribution is -2.26. The summed E-state index contributed by atoms with van der Waals surface area (Å²) >= 11 is 4.77. The monoisotopic (exact) mass is 274 g/mol. The Morgan fingerprint density at radius 3 is 2.64 bits per heavy atom. The lowest BCUT2D eigenvalue weighted by atomic mass is 9.87. The van der Waals surface area contributed by atoms with Crippen molar-refractivity contribution in [1.82, 2.24) is 0 Å². The molecule has 0 amide bonds. The first-order valence-corrected chi connectivity index (χ1v) is 5.64. The van der Waals surface area contributed by atoms with Crippen molar-refractivity contribution < 1.29 is 14.3 Å². The van der Waals surface area contributed by atoms with Crippen molar-refractivity contribution in [1.29, 1.82) is 0 Å². The fourth-order valence-electron chi connectivity index (χ4n) is 1.41. The second kappa shape index (κ2) is 3.17. The molecule has 3 nitrogen and oxygen atoms in total. The van der Waals surface area contributed by atoms with E-state index in [4.69, 9.17) is 0 Å². The highest BCUT2D eigenvalue weighted by atomic mass is 79.9. The predicted octanol–water partition coefficient (Wildman–Crippen LogP) is 2.24. The van der Waals surface area contributed by atoms with Crippen LogP contribution in [0.4, 0.5) is 0 Å². The Kier molecular flexibility index (Phi) is 2.23. The van der Waals surface area contributed by atoms with Crippen molar-refractivity contribution in [2.45, 2.75) is 18.8 Å². The molecule has 0 bridgehead atoms. The van der Waals surface area contributed by atoms with Crippen molar-refractivity contribution in [3.63, 3.8) is 0 Å². The molecule has 1 atom stereocenters. The molecule has 0 radical (unpaired) electrons. The number of thiophene rings is 1. The van der Waals surface area contributed by atoms with Crippen LogP contribution in [0.15, 0.2) is 15.9 Å². The third kappa shape index (κ3) is 1.40. The van der Waals surface area contributed by atoms with Gasteiger partial charge in [0.25, 0.3) is 0 Å². The Morgan fingerprint density at radius 2 is 2.21 bits per heavy atom. The summed E-state index contributed by atoms with van der Waals surface area (Å²) in [6.45, 7) is 1.73. The van der Waals surface area contributed by atoms with Gasteiger partial charge in [0, 0.05) is 4.88 Å². The van der Waals surface area contributed by atoms with E-state index in [1.54, 1.807) is 6.92 Å². The summed E-state index contributed by atoms with van der Waals surface area (Å²) in [4.78, 5) is 23.3. The zero-order valence-corrected chi connectivity index (χ0v) is 9.78. The Balaban J connectivity index is 2.42. The van der Waals surface area contributed by atoms with E-state index in [-0.39, 0.29) is 6.42 Å². The van der Waals surface area contributed by atoms with Gasteiger partial charge in [0.1, 0.15) is 5.41 Å². The number of carbonyl (C=O) groups excluding carboxylic acids is 2. The van der Waals surface area contributed by atoms with Gasteiger partial charge in [0.15, 0.2) is 0 Å². The van der Waals surface area contributed by atoms with Gasteiger partial charge in [0.2, 0.25) is 0 Å². The number of halogens is 1. The van der Waals surface area contributed by atoms with E-state index in [9.17, 15) is 9.59 Å². The summed E-state index contributed by atoms with van der Waals surface area (Å²) in [5.41, 5.74) is -0.784. The molecule has 5 heteroatoms. The first-order chi connectivity index (χ1) is 6.52. The minimum atomic E-state index is -0.784. The summed E-state index contributed by atoms with van der Waals surface area (Å²) in [6.07, 6.45) is 0.138. The molecule has 1 fully saturated rings. The van der Waals surface area contributed by atoms with Crippen LogP contribution in [0.2, 0.25) is 0 Å².